The van der Waals surface area contributed by atoms with Crippen LogP contribution in [0.2, 0.25) is 0 Å². The van der Waals surface area contributed by atoms with Gasteiger partial charge in [-0.3, -0.25) is 4.98 Å². The van der Waals surface area contributed by atoms with Gasteiger partial charge in [-0.2, -0.15) is 0 Å². The second-order valence-electron chi connectivity index (χ2n) is 7.50. The lowest BCUT2D eigenvalue weighted by molar-refractivity contribution is 0.148. The van der Waals surface area contributed by atoms with E-state index in [1.807, 2.05) is 18.5 Å². The van der Waals surface area contributed by atoms with Gasteiger partial charge in [0.1, 0.15) is 0 Å². The van der Waals surface area contributed by atoms with Crippen molar-refractivity contribution in [2.75, 3.05) is 6.54 Å². The average molecular weight is 274 g/mol. The third kappa shape index (κ3) is 4.31. The maximum Gasteiger partial charge on any atom is 0.0315 e. The highest BCUT2D eigenvalue weighted by Crippen LogP contribution is 2.39. The van der Waals surface area contributed by atoms with Crippen molar-refractivity contribution in [2.24, 2.45) is 17.3 Å². The topological polar surface area (TPSA) is 24.9 Å². The first kappa shape index (κ1) is 15.5. The van der Waals surface area contributed by atoms with Crippen molar-refractivity contribution in [1.29, 1.82) is 0 Å². The third-order valence-electron chi connectivity index (χ3n) is 4.97. The first-order valence-corrected chi connectivity index (χ1v) is 8.10. The summed E-state index contributed by atoms with van der Waals surface area (Å²) in [6, 6.07) is 4.58. The quantitative estimate of drug-likeness (QED) is 0.869. The van der Waals surface area contributed by atoms with Crippen LogP contribution in [0.1, 0.15) is 65.0 Å². The molecule has 1 N–H and O–H groups in total. The van der Waals surface area contributed by atoms with Crippen molar-refractivity contribution in [3.63, 3.8) is 0 Å². The molecule has 1 atom stereocenters. The molecule has 0 spiro atoms. The Hall–Kier alpha value is -0.890. The summed E-state index contributed by atoms with van der Waals surface area (Å²) in [7, 11) is 0. The molecule has 1 aromatic rings. The number of hydrogen-bond donors (Lipinski definition) is 1. The van der Waals surface area contributed by atoms with Gasteiger partial charge >= 0.3 is 0 Å². The van der Waals surface area contributed by atoms with Crippen LogP contribution in [-0.4, -0.2) is 11.5 Å². The molecule has 2 rings (SSSR count). The molecule has 1 aliphatic rings. The minimum absolute atomic E-state index is 0.407. The fourth-order valence-electron chi connectivity index (χ4n) is 3.33. The van der Waals surface area contributed by atoms with Crippen molar-refractivity contribution >= 4 is 0 Å². The SMILES string of the molecule is C[C@H](NCC1CCC(C(C)(C)C)CC1)c1cccnc1. The van der Waals surface area contributed by atoms with Crippen LogP contribution in [0.4, 0.5) is 0 Å². The first-order chi connectivity index (χ1) is 9.47. The Morgan fingerprint density at radius 3 is 2.50 bits per heavy atom. The average Bonchev–Trinajstić information content (AvgIpc) is 2.45. The van der Waals surface area contributed by atoms with Crippen molar-refractivity contribution in [3.8, 4) is 0 Å². The zero-order valence-electron chi connectivity index (χ0n) is 13.5. The van der Waals surface area contributed by atoms with E-state index < -0.39 is 0 Å². The molecule has 20 heavy (non-hydrogen) atoms. The molecule has 1 heterocycles. The lowest BCUT2D eigenvalue weighted by atomic mass is 9.70. The van der Waals surface area contributed by atoms with Gasteiger partial charge in [0.15, 0.2) is 0 Å². The van der Waals surface area contributed by atoms with Gasteiger partial charge in [0, 0.05) is 18.4 Å². The van der Waals surface area contributed by atoms with E-state index in [-0.39, 0.29) is 0 Å². The summed E-state index contributed by atoms with van der Waals surface area (Å²) in [4.78, 5) is 4.20. The summed E-state index contributed by atoms with van der Waals surface area (Å²) in [5.74, 6) is 1.77. The molecule has 1 saturated carbocycles. The molecule has 2 nitrogen and oxygen atoms in total. The van der Waals surface area contributed by atoms with Crippen LogP contribution in [0.3, 0.4) is 0 Å². The molecule has 0 aromatic carbocycles. The minimum Gasteiger partial charge on any atom is -0.310 e. The number of hydrogen-bond acceptors (Lipinski definition) is 2. The monoisotopic (exact) mass is 274 g/mol. The van der Waals surface area contributed by atoms with E-state index in [0.717, 1.165) is 18.4 Å². The Bertz CT molecular complexity index is 386. The maximum atomic E-state index is 4.20. The van der Waals surface area contributed by atoms with Crippen LogP contribution in [-0.2, 0) is 0 Å². The molecule has 1 aliphatic carbocycles. The minimum atomic E-state index is 0.407. The predicted octanol–water partition coefficient (Wildman–Crippen LogP) is 4.58. The Balaban J connectivity index is 1.74. The molecule has 0 aliphatic heterocycles. The number of nitrogens with zero attached hydrogens (tertiary/aromatic N) is 1. The molecule has 0 unspecified atom stereocenters. The summed E-state index contributed by atoms with van der Waals surface area (Å²) in [5, 5.41) is 3.68. The first-order valence-electron chi connectivity index (χ1n) is 8.10. The lowest BCUT2D eigenvalue weighted by Gasteiger charge is -2.37. The number of pyridine rings is 1. The zero-order chi connectivity index (χ0) is 14.6. The van der Waals surface area contributed by atoms with E-state index in [2.05, 4.69) is 44.1 Å². The molecule has 0 saturated heterocycles. The van der Waals surface area contributed by atoms with Crippen LogP contribution in [0, 0.1) is 17.3 Å². The standard InChI is InChI=1S/C18H30N2/c1-14(16-6-5-11-19-13-16)20-12-15-7-9-17(10-8-15)18(2,3)4/h5-6,11,13-15,17,20H,7-10,12H2,1-4H3/t14-,15?,17?/m0/s1. The van der Waals surface area contributed by atoms with Gasteiger partial charge in [-0.25, -0.2) is 0 Å². The van der Waals surface area contributed by atoms with Gasteiger partial charge in [0.2, 0.25) is 0 Å². The predicted molar refractivity (Wildman–Crippen MR) is 85.6 cm³/mol. The zero-order valence-corrected chi connectivity index (χ0v) is 13.5. The van der Waals surface area contributed by atoms with Gasteiger partial charge < -0.3 is 5.32 Å². The molecular weight excluding hydrogens is 244 g/mol. The van der Waals surface area contributed by atoms with E-state index in [1.54, 1.807) is 0 Å². The second-order valence-corrected chi connectivity index (χ2v) is 7.50. The second kappa shape index (κ2) is 6.71. The van der Waals surface area contributed by atoms with Crippen LogP contribution >= 0.6 is 0 Å². The fraction of sp³-hybridized carbons (Fsp3) is 0.722. The summed E-state index contributed by atoms with van der Waals surface area (Å²) in [6.07, 6.45) is 9.37. The number of nitrogens with one attached hydrogen (secondary N) is 1. The Labute approximate surface area is 124 Å². The van der Waals surface area contributed by atoms with Gasteiger partial charge in [0.25, 0.3) is 0 Å². The van der Waals surface area contributed by atoms with Crippen LogP contribution < -0.4 is 5.32 Å². The smallest absolute Gasteiger partial charge is 0.0315 e. The van der Waals surface area contributed by atoms with Crippen LogP contribution in [0.15, 0.2) is 24.5 Å². The summed E-state index contributed by atoms with van der Waals surface area (Å²) in [6.45, 7) is 10.5. The summed E-state index contributed by atoms with van der Waals surface area (Å²) < 4.78 is 0. The van der Waals surface area contributed by atoms with Crippen LogP contribution in [0.5, 0.6) is 0 Å². The van der Waals surface area contributed by atoms with Gasteiger partial charge in [0.05, 0.1) is 0 Å². The molecule has 1 aromatic heterocycles. The molecule has 2 heteroatoms. The summed E-state index contributed by atoms with van der Waals surface area (Å²) in [5.41, 5.74) is 1.78. The van der Waals surface area contributed by atoms with Crippen molar-refractivity contribution in [1.82, 2.24) is 10.3 Å². The molecular formula is C18H30N2. The van der Waals surface area contributed by atoms with E-state index in [9.17, 15) is 0 Å². The van der Waals surface area contributed by atoms with Crippen molar-refractivity contribution in [3.05, 3.63) is 30.1 Å². The highest BCUT2D eigenvalue weighted by atomic mass is 14.9. The highest BCUT2D eigenvalue weighted by molar-refractivity contribution is 5.12. The molecule has 1 fully saturated rings. The van der Waals surface area contributed by atoms with Crippen LogP contribution in [0.25, 0.3) is 0 Å². The number of aromatic nitrogens is 1. The van der Waals surface area contributed by atoms with Gasteiger partial charge in [-0.15, -0.1) is 0 Å². The Kier molecular flexibility index (Phi) is 5.20. The largest absolute Gasteiger partial charge is 0.310 e. The normalized spacial score (nSPS) is 25.4. The molecule has 0 radical (unpaired) electrons. The van der Waals surface area contributed by atoms with E-state index in [0.29, 0.717) is 11.5 Å². The Morgan fingerprint density at radius 2 is 1.95 bits per heavy atom. The Morgan fingerprint density at radius 1 is 1.25 bits per heavy atom. The van der Waals surface area contributed by atoms with Gasteiger partial charge in [-0.1, -0.05) is 26.8 Å². The molecule has 0 amide bonds. The fourth-order valence-corrected chi connectivity index (χ4v) is 3.33. The highest BCUT2D eigenvalue weighted by Gasteiger charge is 2.29. The summed E-state index contributed by atoms with van der Waals surface area (Å²) >= 11 is 0. The number of rotatable bonds is 4. The van der Waals surface area contributed by atoms with Crippen molar-refractivity contribution in [2.45, 2.75) is 59.4 Å². The maximum absolute atomic E-state index is 4.20. The molecule has 0 bridgehead atoms. The van der Waals surface area contributed by atoms with E-state index in [4.69, 9.17) is 0 Å². The van der Waals surface area contributed by atoms with E-state index in [1.165, 1.54) is 31.2 Å². The van der Waals surface area contributed by atoms with Gasteiger partial charge in [-0.05, 0) is 68.0 Å². The third-order valence-corrected chi connectivity index (χ3v) is 4.97. The molecule has 112 valence electrons. The van der Waals surface area contributed by atoms with E-state index >= 15 is 0 Å². The van der Waals surface area contributed by atoms with Crippen molar-refractivity contribution < 1.29 is 0 Å². The lowest BCUT2D eigenvalue weighted by Crippen LogP contribution is -2.31.